The number of pyridine rings is 1. The van der Waals surface area contributed by atoms with Crippen molar-refractivity contribution in [3.05, 3.63) is 35.2 Å². The number of halogens is 1. The monoisotopic (exact) mass is 305 g/mol. The zero-order chi connectivity index (χ0) is 14.7. The molecule has 21 heavy (non-hydrogen) atoms. The van der Waals surface area contributed by atoms with Gasteiger partial charge in [0.2, 0.25) is 0 Å². The average molecular weight is 306 g/mol. The quantitative estimate of drug-likeness (QED) is 0.674. The van der Waals surface area contributed by atoms with E-state index < -0.39 is 0 Å². The standard InChI is InChI=1S/C15H20ClN5/c1-17-15(18-7-11-3-2-4-11)19-8-13-10-21-9-12(16)5-6-14(21)20-13/h5-6,9-11H,2-4,7-8H2,1H3,(H2,17,18,19). The zero-order valence-electron chi connectivity index (χ0n) is 12.1. The van der Waals surface area contributed by atoms with E-state index in [0.29, 0.717) is 11.6 Å². The molecule has 112 valence electrons. The Kier molecular flexibility index (Phi) is 4.29. The number of nitrogens with zero attached hydrogens (tertiary/aromatic N) is 3. The largest absolute Gasteiger partial charge is 0.356 e. The number of hydrogen-bond acceptors (Lipinski definition) is 2. The predicted octanol–water partition coefficient (Wildman–Crippen LogP) is 2.45. The molecule has 0 atom stereocenters. The molecule has 0 radical (unpaired) electrons. The first-order valence-corrected chi connectivity index (χ1v) is 7.70. The van der Waals surface area contributed by atoms with Crippen LogP contribution in [0.4, 0.5) is 0 Å². The Morgan fingerprint density at radius 3 is 2.95 bits per heavy atom. The van der Waals surface area contributed by atoms with Crippen LogP contribution in [0.15, 0.2) is 29.5 Å². The lowest BCUT2D eigenvalue weighted by Gasteiger charge is -2.26. The van der Waals surface area contributed by atoms with E-state index in [1.807, 2.05) is 28.9 Å². The van der Waals surface area contributed by atoms with Crippen LogP contribution in [0.3, 0.4) is 0 Å². The minimum atomic E-state index is 0.642. The molecule has 2 aromatic heterocycles. The van der Waals surface area contributed by atoms with Gasteiger partial charge in [0.15, 0.2) is 5.96 Å². The van der Waals surface area contributed by atoms with Crippen molar-refractivity contribution in [2.45, 2.75) is 25.8 Å². The Labute approximate surface area is 129 Å². The van der Waals surface area contributed by atoms with Crippen LogP contribution in [-0.4, -0.2) is 28.9 Å². The molecule has 0 saturated heterocycles. The van der Waals surface area contributed by atoms with Crippen LogP contribution >= 0.6 is 11.6 Å². The van der Waals surface area contributed by atoms with E-state index in [4.69, 9.17) is 11.6 Å². The van der Waals surface area contributed by atoms with E-state index in [1.165, 1.54) is 19.3 Å². The van der Waals surface area contributed by atoms with Crippen molar-refractivity contribution in [3.63, 3.8) is 0 Å². The van der Waals surface area contributed by atoms with Gasteiger partial charge in [-0.1, -0.05) is 18.0 Å². The lowest BCUT2D eigenvalue weighted by molar-refractivity contribution is 0.314. The lowest BCUT2D eigenvalue weighted by Crippen LogP contribution is -2.40. The Morgan fingerprint density at radius 1 is 1.38 bits per heavy atom. The SMILES string of the molecule is CN=C(NCc1cn2cc(Cl)ccc2n1)NCC1CCC1. The highest BCUT2D eigenvalue weighted by atomic mass is 35.5. The average Bonchev–Trinajstić information content (AvgIpc) is 2.82. The smallest absolute Gasteiger partial charge is 0.191 e. The maximum atomic E-state index is 5.97. The van der Waals surface area contributed by atoms with Crippen molar-refractivity contribution < 1.29 is 0 Å². The first-order chi connectivity index (χ1) is 10.2. The molecule has 1 aliphatic rings. The number of guanidine groups is 1. The number of fused-ring (bicyclic) bond motifs is 1. The highest BCUT2D eigenvalue weighted by Gasteiger charge is 2.17. The summed E-state index contributed by atoms with van der Waals surface area (Å²) < 4.78 is 1.93. The summed E-state index contributed by atoms with van der Waals surface area (Å²) in [5, 5.41) is 7.37. The van der Waals surface area contributed by atoms with E-state index >= 15 is 0 Å². The predicted molar refractivity (Wildman–Crippen MR) is 85.7 cm³/mol. The number of imidazole rings is 1. The molecule has 6 heteroatoms. The highest BCUT2D eigenvalue weighted by molar-refractivity contribution is 6.30. The third-order valence-electron chi connectivity index (χ3n) is 3.91. The van der Waals surface area contributed by atoms with Crippen molar-refractivity contribution in [1.29, 1.82) is 0 Å². The summed E-state index contributed by atoms with van der Waals surface area (Å²) in [4.78, 5) is 8.78. The molecule has 0 unspecified atom stereocenters. The van der Waals surface area contributed by atoms with Gasteiger partial charge in [-0.05, 0) is 30.9 Å². The van der Waals surface area contributed by atoms with Crippen molar-refractivity contribution in [3.8, 4) is 0 Å². The van der Waals surface area contributed by atoms with Gasteiger partial charge >= 0.3 is 0 Å². The highest BCUT2D eigenvalue weighted by Crippen LogP contribution is 2.25. The van der Waals surface area contributed by atoms with E-state index in [2.05, 4.69) is 20.6 Å². The minimum absolute atomic E-state index is 0.642. The number of nitrogens with one attached hydrogen (secondary N) is 2. The van der Waals surface area contributed by atoms with E-state index in [0.717, 1.165) is 29.8 Å². The molecule has 5 nitrogen and oxygen atoms in total. The van der Waals surface area contributed by atoms with Gasteiger partial charge in [-0.15, -0.1) is 0 Å². The van der Waals surface area contributed by atoms with Gasteiger partial charge in [0.25, 0.3) is 0 Å². The molecule has 1 aliphatic carbocycles. The molecule has 0 aliphatic heterocycles. The fraction of sp³-hybridized carbons (Fsp3) is 0.467. The molecule has 0 aromatic carbocycles. The van der Waals surface area contributed by atoms with Crippen molar-refractivity contribution in [1.82, 2.24) is 20.0 Å². The fourth-order valence-electron chi connectivity index (χ4n) is 2.44. The van der Waals surface area contributed by atoms with Gasteiger partial charge in [0.05, 0.1) is 17.3 Å². The summed E-state index contributed by atoms with van der Waals surface area (Å²) in [6.45, 7) is 1.64. The van der Waals surface area contributed by atoms with Crippen LogP contribution in [-0.2, 0) is 6.54 Å². The van der Waals surface area contributed by atoms with E-state index in [9.17, 15) is 0 Å². The number of aromatic nitrogens is 2. The molecule has 0 bridgehead atoms. The summed E-state index contributed by atoms with van der Waals surface area (Å²) in [6.07, 6.45) is 7.86. The second-order valence-corrected chi connectivity index (χ2v) is 5.89. The van der Waals surface area contributed by atoms with Crippen LogP contribution in [0.5, 0.6) is 0 Å². The molecule has 2 aromatic rings. The molecule has 2 heterocycles. The zero-order valence-corrected chi connectivity index (χ0v) is 12.9. The maximum Gasteiger partial charge on any atom is 0.191 e. The van der Waals surface area contributed by atoms with Gasteiger partial charge in [-0.25, -0.2) is 4.98 Å². The number of rotatable bonds is 4. The fourth-order valence-corrected chi connectivity index (χ4v) is 2.60. The van der Waals surface area contributed by atoms with Gasteiger partial charge < -0.3 is 15.0 Å². The molecule has 2 N–H and O–H groups in total. The molecule has 0 amide bonds. The summed E-state index contributed by atoms with van der Waals surface area (Å²) in [7, 11) is 1.79. The van der Waals surface area contributed by atoms with Crippen LogP contribution in [0.25, 0.3) is 5.65 Å². The second-order valence-electron chi connectivity index (χ2n) is 5.45. The summed E-state index contributed by atoms with van der Waals surface area (Å²) in [6, 6.07) is 3.76. The molecular formula is C15H20ClN5. The van der Waals surface area contributed by atoms with E-state index in [1.54, 1.807) is 7.05 Å². The first kappa shape index (κ1) is 14.2. The second kappa shape index (κ2) is 6.35. The normalized spacial score (nSPS) is 16.0. The Bertz CT molecular complexity index is 645. The maximum absolute atomic E-state index is 5.97. The molecule has 0 spiro atoms. The van der Waals surface area contributed by atoms with E-state index in [-0.39, 0.29) is 0 Å². The van der Waals surface area contributed by atoms with Crippen molar-refractivity contribution >= 4 is 23.2 Å². The Balaban J connectivity index is 1.56. The third-order valence-corrected chi connectivity index (χ3v) is 4.13. The lowest BCUT2D eigenvalue weighted by atomic mass is 9.85. The molecule has 1 fully saturated rings. The van der Waals surface area contributed by atoms with Gasteiger partial charge in [-0.2, -0.15) is 0 Å². The summed E-state index contributed by atoms with van der Waals surface area (Å²) >= 11 is 5.97. The van der Waals surface area contributed by atoms with Gasteiger partial charge in [-0.3, -0.25) is 4.99 Å². The Hall–Kier alpha value is -1.75. The number of hydrogen-bond donors (Lipinski definition) is 2. The summed E-state index contributed by atoms with van der Waals surface area (Å²) in [5.41, 5.74) is 1.86. The van der Waals surface area contributed by atoms with Crippen molar-refractivity contribution in [2.24, 2.45) is 10.9 Å². The summed E-state index contributed by atoms with van der Waals surface area (Å²) in [5.74, 6) is 1.64. The van der Waals surface area contributed by atoms with Crippen LogP contribution in [0.2, 0.25) is 5.02 Å². The Morgan fingerprint density at radius 2 is 2.24 bits per heavy atom. The van der Waals surface area contributed by atoms with Crippen molar-refractivity contribution in [2.75, 3.05) is 13.6 Å². The van der Waals surface area contributed by atoms with Crippen LogP contribution in [0, 0.1) is 5.92 Å². The third kappa shape index (κ3) is 3.47. The van der Waals surface area contributed by atoms with Crippen LogP contribution in [0.1, 0.15) is 25.0 Å². The topological polar surface area (TPSA) is 53.7 Å². The molecule has 3 rings (SSSR count). The van der Waals surface area contributed by atoms with Gasteiger partial charge in [0, 0.05) is 26.0 Å². The molecular weight excluding hydrogens is 286 g/mol. The van der Waals surface area contributed by atoms with Crippen LogP contribution < -0.4 is 10.6 Å². The molecule has 1 saturated carbocycles. The van der Waals surface area contributed by atoms with Gasteiger partial charge in [0.1, 0.15) is 5.65 Å². The first-order valence-electron chi connectivity index (χ1n) is 7.32. The number of aliphatic imine (C=N–C) groups is 1. The minimum Gasteiger partial charge on any atom is -0.356 e.